The Morgan fingerprint density at radius 1 is 1.33 bits per heavy atom. The van der Waals surface area contributed by atoms with Gasteiger partial charge in [0.2, 0.25) is 0 Å². The van der Waals surface area contributed by atoms with Crippen molar-refractivity contribution in [1.29, 1.82) is 0 Å². The molecule has 0 aromatic heterocycles. The molecule has 1 fully saturated rings. The van der Waals surface area contributed by atoms with Crippen LogP contribution in [0, 0.1) is 5.92 Å². The van der Waals surface area contributed by atoms with Crippen molar-refractivity contribution in [3.8, 4) is 5.75 Å². The van der Waals surface area contributed by atoms with E-state index in [1.54, 1.807) is 19.2 Å². The summed E-state index contributed by atoms with van der Waals surface area (Å²) in [5, 5.41) is 6.45. The molecule has 2 unspecified atom stereocenters. The van der Waals surface area contributed by atoms with Gasteiger partial charge in [0.05, 0.1) is 6.61 Å². The van der Waals surface area contributed by atoms with Gasteiger partial charge in [0.1, 0.15) is 12.4 Å². The zero-order valence-electron chi connectivity index (χ0n) is 12.7. The average Bonchev–Trinajstić information content (AvgIpc) is 2.50. The number of rotatable bonds is 6. The van der Waals surface area contributed by atoms with E-state index in [9.17, 15) is 4.79 Å². The number of carbonyl (C=O) groups is 1. The molecule has 2 atom stereocenters. The van der Waals surface area contributed by atoms with Crippen LogP contribution >= 0.6 is 0 Å². The van der Waals surface area contributed by atoms with Gasteiger partial charge in [0, 0.05) is 18.7 Å². The Bertz CT molecular complexity index is 447. The van der Waals surface area contributed by atoms with Crippen LogP contribution in [-0.4, -0.2) is 45.4 Å². The number of methoxy groups -OCH3 is 1. The molecule has 0 saturated carbocycles. The second kappa shape index (κ2) is 8.00. The zero-order valence-corrected chi connectivity index (χ0v) is 12.7. The largest absolute Gasteiger partial charge is 0.491 e. The highest BCUT2D eigenvalue weighted by molar-refractivity contribution is 5.94. The summed E-state index contributed by atoms with van der Waals surface area (Å²) in [5.74, 6) is 1.19. The highest BCUT2D eigenvalue weighted by Crippen LogP contribution is 2.14. The van der Waals surface area contributed by atoms with Crippen molar-refractivity contribution < 1.29 is 14.3 Å². The second-order valence-electron chi connectivity index (χ2n) is 5.42. The number of ether oxygens (including phenoxy) is 2. The summed E-state index contributed by atoms with van der Waals surface area (Å²) >= 11 is 0. The van der Waals surface area contributed by atoms with Crippen LogP contribution in [0.15, 0.2) is 24.3 Å². The predicted octanol–water partition coefficient (Wildman–Crippen LogP) is 1.44. The molecule has 5 heteroatoms. The topological polar surface area (TPSA) is 59.6 Å². The number of amides is 1. The highest BCUT2D eigenvalue weighted by Gasteiger charge is 2.22. The van der Waals surface area contributed by atoms with Crippen LogP contribution < -0.4 is 15.4 Å². The first-order valence-corrected chi connectivity index (χ1v) is 7.44. The van der Waals surface area contributed by atoms with Gasteiger partial charge in [-0.15, -0.1) is 0 Å². The van der Waals surface area contributed by atoms with E-state index >= 15 is 0 Å². The summed E-state index contributed by atoms with van der Waals surface area (Å²) in [6, 6.07) is 7.47. The first kappa shape index (κ1) is 15.8. The van der Waals surface area contributed by atoms with E-state index in [-0.39, 0.29) is 11.9 Å². The number of hydrogen-bond acceptors (Lipinski definition) is 4. The van der Waals surface area contributed by atoms with Crippen LogP contribution in [0.1, 0.15) is 23.7 Å². The van der Waals surface area contributed by atoms with E-state index in [2.05, 4.69) is 17.6 Å². The summed E-state index contributed by atoms with van der Waals surface area (Å²) in [6.07, 6.45) is 0.977. The Morgan fingerprint density at radius 2 is 2.10 bits per heavy atom. The Hall–Kier alpha value is -1.59. The first-order chi connectivity index (χ1) is 10.2. The van der Waals surface area contributed by atoms with Crippen molar-refractivity contribution >= 4 is 5.91 Å². The molecule has 116 valence electrons. The van der Waals surface area contributed by atoms with Crippen molar-refractivity contribution in [2.75, 3.05) is 33.4 Å². The lowest BCUT2D eigenvalue weighted by atomic mass is 9.95. The lowest BCUT2D eigenvalue weighted by Gasteiger charge is -2.30. The fourth-order valence-electron chi connectivity index (χ4n) is 2.43. The second-order valence-corrected chi connectivity index (χ2v) is 5.42. The third-order valence-corrected chi connectivity index (χ3v) is 3.77. The van der Waals surface area contributed by atoms with Gasteiger partial charge in [-0.25, -0.2) is 0 Å². The van der Waals surface area contributed by atoms with E-state index in [1.807, 2.05) is 12.1 Å². The fourth-order valence-corrected chi connectivity index (χ4v) is 2.43. The van der Waals surface area contributed by atoms with Gasteiger partial charge < -0.3 is 20.1 Å². The Balaban J connectivity index is 1.87. The number of benzene rings is 1. The quantitative estimate of drug-likeness (QED) is 0.779. The normalized spacial score (nSPS) is 21.8. The minimum atomic E-state index is -0.0165. The standard InChI is InChI=1S/C16H24N2O3/c1-12-11-17-8-7-15(12)18-16(19)13-3-5-14(6-4-13)21-10-9-20-2/h3-6,12,15,17H,7-11H2,1-2H3,(H,18,19). The maximum atomic E-state index is 12.2. The van der Waals surface area contributed by atoms with Crippen LogP contribution in [0.4, 0.5) is 0 Å². The Labute approximate surface area is 126 Å². The summed E-state index contributed by atoms with van der Waals surface area (Å²) in [5.41, 5.74) is 0.667. The third-order valence-electron chi connectivity index (χ3n) is 3.77. The van der Waals surface area contributed by atoms with E-state index in [1.165, 1.54) is 0 Å². The van der Waals surface area contributed by atoms with E-state index in [0.717, 1.165) is 25.3 Å². The molecule has 0 radical (unpaired) electrons. The van der Waals surface area contributed by atoms with Crippen LogP contribution in [-0.2, 0) is 4.74 Å². The van der Waals surface area contributed by atoms with Crippen molar-refractivity contribution in [2.45, 2.75) is 19.4 Å². The predicted molar refractivity (Wildman–Crippen MR) is 81.7 cm³/mol. The number of nitrogens with one attached hydrogen (secondary N) is 2. The molecule has 1 aliphatic rings. The lowest BCUT2D eigenvalue weighted by molar-refractivity contribution is 0.0914. The molecular weight excluding hydrogens is 268 g/mol. The molecular formula is C16H24N2O3. The molecule has 0 spiro atoms. The smallest absolute Gasteiger partial charge is 0.251 e. The minimum Gasteiger partial charge on any atom is -0.491 e. The van der Waals surface area contributed by atoms with Gasteiger partial charge in [-0.2, -0.15) is 0 Å². The molecule has 1 aliphatic heterocycles. The molecule has 0 aliphatic carbocycles. The van der Waals surface area contributed by atoms with Crippen LogP contribution in [0.25, 0.3) is 0 Å². The van der Waals surface area contributed by atoms with Crippen molar-refractivity contribution in [3.05, 3.63) is 29.8 Å². The molecule has 2 rings (SSSR count). The molecule has 0 bridgehead atoms. The van der Waals surface area contributed by atoms with Crippen LogP contribution in [0.2, 0.25) is 0 Å². The van der Waals surface area contributed by atoms with E-state index in [0.29, 0.717) is 24.7 Å². The monoisotopic (exact) mass is 292 g/mol. The maximum absolute atomic E-state index is 12.2. The van der Waals surface area contributed by atoms with Gasteiger partial charge >= 0.3 is 0 Å². The fraction of sp³-hybridized carbons (Fsp3) is 0.562. The molecule has 1 amide bonds. The van der Waals surface area contributed by atoms with Crippen LogP contribution in [0.5, 0.6) is 5.75 Å². The summed E-state index contributed by atoms with van der Waals surface area (Å²) < 4.78 is 10.4. The van der Waals surface area contributed by atoms with Crippen molar-refractivity contribution in [1.82, 2.24) is 10.6 Å². The van der Waals surface area contributed by atoms with Crippen molar-refractivity contribution in [2.24, 2.45) is 5.92 Å². The number of hydrogen-bond donors (Lipinski definition) is 2. The van der Waals surface area contributed by atoms with E-state index in [4.69, 9.17) is 9.47 Å². The molecule has 1 aromatic rings. The maximum Gasteiger partial charge on any atom is 0.251 e. The van der Waals surface area contributed by atoms with Gasteiger partial charge in [0.15, 0.2) is 0 Å². The molecule has 1 heterocycles. The Morgan fingerprint density at radius 3 is 2.76 bits per heavy atom. The summed E-state index contributed by atoms with van der Waals surface area (Å²) in [4.78, 5) is 12.2. The van der Waals surface area contributed by atoms with Gasteiger partial charge in [-0.3, -0.25) is 4.79 Å². The van der Waals surface area contributed by atoms with E-state index < -0.39 is 0 Å². The Kier molecular flexibility index (Phi) is 6.02. The summed E-state index contributed by atoms with van der Waals surface area (Å²) in [7, 11) is 1.64. The third kappa shape index (κ3) is 4.72. The lowest BCUT2D eigenvalue weighted by Crippen LogP contribution is -2.48. The van der Waals surface area contributed by atoms with Crippen LogP contribution in [0.3, 0.4) is 0 Å². The molecule has 5 nitrogen and oxygen atoms in total. The van der Waals surface area contributed by atoms with Gasteiger partial charge in [0.25, 0.3) is 5.91 Å². The van der Waals surface area contributed by atoms with Crippen molar-refractivity contribution in [3.63, 3.8) is 0 Å². The van der Waals surface area contributed by atoms with Gasteiger partial charge in [-0.05, 0) is 49.7 Å². The highest BCUT2D eigenvalue weighted by atomic mass is 16.5. The SMILES string of the molecule is COCCOc1ccc(C(=O)NC2CCNCC2C)cc1. The zero-order chi connectivity index (χ0) is 15.1. The molecule has 1 aromatic carbocycles. The molecule has 1 saturated heterocycles. The number of carbonyl (C=O) groups excluding carboxylic acids is 1. The average molecular weight is 292 g/mol. The first-order valence-electron chi connectivity index (χ1n) is 7.44. The minimum absolute atomic E-state index is 0.0165. The molecule has 21 heavy (non-hydrogen) atoms. The summed E-state index contributed by atoms with van der Waals surface area (Å²) in [6.45, 7) is 5.13. The number of piperidine rings is 1. The van der Waals surface area contributed by atoms with Gasteiger partial charge in [-0.1, -0.05) is 6.92 Å². The molecule has 2 N–H and O–H groups in total.